The minimum atomic E-state index is -3.73. The minimum Gasteiger partial charge on any atom is -0.294 e. The summed E-state index contributed by atoms with van der Waals surface area (Å²) in [7, 11) is -1.89. The van der Waals surface area contributed by atoms with Gasteiger partial charge in [-0.1, -0.05) is 44.2 Å². The second-order valence-electron chi connectivity index (χ2n) is 10.4. The van der Waals surface area contributed by atoms with E-state index in [-0.39, 0.29) is 4.90 Å². The lowest BCUT2D eigenvalue weighted by atomic mass is 10.0. The van der Waals surface area contributed by atoms with Gasteiger partial charge in [-0.05, 0) is 80.8 Å². The number of nitrogens with zero attached hydrogens (tertiary/aromatic N) is 3. The Bertz CT molecular complexity index is 1270. The summed E-state index contributed by atoms with van der Waals surface area (Å²) in [5, 5.41) is 4.52. The van der Waals surface area contributed by atoms with E-state index in [0.717, 1.165) is 29.1 Å². The largest absolute Gasteiger partial charge is 0.294 e. The molecule has 35 heavy (non-hydrogen) atoms. The molecule has 1 saturated heterocycles. The van der Waals surface area contributed by atoms with Gasteiger partial charge in [-0.15, -0.1) is 0 Å². The molecule has 7 heteroatoms. The van der Waals surface area contributed by atoms with Crippen molar-refractivity contribution in [3.05, 3.63) is 65.5 Å². The van der Waals surface area contributed by atoms with Crippen molar-refractivity contribution < 1.29 is 8.42 Å². The highest BCUT2D eigenvalue weighted by Gasteiger charge is 2.27. The van der Waals surface area contributed by atoms with Gasteiger partial charge in [-0.2, -0.15) is 5.10 Å². The van der Waals surface area contributed by atoms with E-state index in [4.69, 9.17) is 0 Å². The Balaban J connectivity index is 1.53. The van der Waals surface area contributed by atoms with Gasteiger partial charge in [0.2, 0.25) is 0 Å². The standard InChI is InChI=1S/C28H38N4O2S/c1-19(2)16-27-28(22(5)31(6)29-27)30-35(33,34)26-14-12-24(13-15-26)25-9-7-8-23(17-25)18-32-20(3)10-11-21(32)4/h7-9,12-15,17,19-21,30H,10-11,16,18H2,1-6H3/t20-,21-/m0/s1. The molecule has 1 aliphatic rings. The van der Waals surface area contributed by atoms with E-state index in [1.807, 2.05) is 26.1 Å². The summed E-state index contributed by atoms with van der Waals surface area (Å²) in [6.45, 7) is 11.6. The van der Waals surface area contributed by atoms with E-state index < -0.39 is 10.0 Å². The maximum Gasteiger partial charge on any atom is 0.262 e. The Morgan fingerprint density at radius 3 is 2.31 bits per heavy atom. The van der Waals surface area contributed by atoms with Crippen molar-refractivity contribution in [1.29, 1.82) is 0 Å². The van der Waals surface area contributed by atoms with Crippen LogP contribution in [0.2, 0.25) is 0 Å². The first kappa shape index (κ1) is 25.5. The molecule has 6 nitrogen and oxygen atoms in total. The molecule has 1 fully saturated rings. The fourth-order valence-electron chi connectivity index (χ4n) is 4.98. The predicted octanol–water partition coefficient (Wildman–Crippen LogP) is 5.77. The monoisotopic (exact) mass is 494 g/mol. The van der Waals surface area contributed by atoms with Crippen molar-refractivity contribution in [2.75, 3.05) is 4.72 Å². The number of anilines is 1. The topological polar surface area (TPSA) is 67.2 Å². The van der Waals surface area contributed by atoms with Crippen LogP contribution in [0.5, 0.6) is 0 Å². The van der Waals surface area contributed by atoms with E-state index >= 15 is 0 Å². The van der Waals surface area contributed by atoms with Gasteiger partial charge in [-0.25, -0.2) is 8.42 Å². The average molecular weight is 495 g/mol. The molecule has 0 bridgehead atoms. The fourth-order valence-corrected chi connectivity index (χ4v) is 6.13. The van der Waals surface area contributed by atoms with E-state index in [0.29, 0.717) is 30.1 Å². The summed E-state index contributed by atoms with van der Waals surface area (Å²) in [4.78, 5) is 2.81. The Hall–Kier alpha value is -2.64. The van der Waals surface area contributed by atoms with Gasteiger partial charge in [0.05, 0.1) is 22.0 Å². The number of nitrogens with one attached hydrogen (secondary N) is 1. The lowest BCUT2D eigenvalue weighted by Gasteiger charge is -2.26. The van der Waals surface area contributed by atoms with Crippen LogP contribution >= 0.6 is 0 Å². The molecule has 1 aliphatic heterocycles. The summed E-state index contributed by atoms with van der Waals surface area (Å²) >= 11 is 0. The molecule has 0 radical (unpaired) electrons. The predicted molar refractivity (Wildman–Crippen MR) is 143 cm³/mol. The van der Waals surface area contributed by atoms with Crippen LogP contribution in [0, 0.1) is 12.8 Å². The molecule has 188 valence electrons. The number of aryl methyl sites for hydroxylation is 1. The molecular weight excluding hydrogens is 456 g/mol. The van der Waals surface area contributed by atoms with Gasteiger partial charge < -0.3 is 0 Å². The van der Waals surface area contributed by atoms with E-state index in [9.17, 15) is 8.42 Å². The molecule has 1 aromatic heterocycles. The number of aromatic nitrogens is 2. The first-order valence-corrected chi connectivity index (χ1v) is 14.0. The van der Waals surface area contributed by atoms with Crippen LogP contribution < -0.4 is 4.72 Å². The molecule has 0 spiro atoms. The Kier molecular flexibility index (Phi) is 7.38. The summed E-state index contributed by atoms with van der Waals surface area (Å²) in [6, 6.07) is 16.9. The molecule has 2 atom stereocenters. The van der Waals surface area contributed by atoms with Crippen molar-refractivity contribution in [1.82, 2.24) is 14.7 Å². The molecule has 0 amide bonds. The van der Waals surface area contributed by atoms with Gasteiger partial charge >= 0.3 is 0 Å². The van der Waals surface area contributed by atoms with Crippen LogP contribution in [0.4, 0.5) is 5.69 Å². The van der Waals surface area contributed by atoms with Gasteiger partial charge in [0.15, 0.2) is 0 Å². The molecular formula is C28H38N4O2S. The average Bonchev–Trinajstić information content (AvgIpc) is 3.26. The summed E-state index contributed by atoms with van der Waals surface area (Å²) in [5.74, 6) is 0.375. The lowest BCUT2D eigenvalue weighted by Crippen LogP contribution is -2.31. The highest BCUT2D eigenvalue weighted by atomic mass is 32.2. The van der Waals surface area contributed by atoms with Crippen molar-refractivity contribution in [2.24, 2.45) is 13.0 Å². The summed E-state index contributed by atoms with van der Waals surface area (Å²) < 4.78 is 30.9. The number of benzene rings is 2. The Morgan fingerprint density at radius 1 is 1.03 bits per heavy atom. The van der Waals surface area contributed by atoms with Crippen LogP contribution in [-0.4, -0.2) is 35.2 Å². The van der Waals surface area contributed by atoms with E-state index in [1.165, 1.54) is 18.4 Å². The Morgan fingerprint density at radius 2 is 1.69 bits per heavy atom. The number of hydrogen-bond acceptors (Lipinski definition) is 4. The molecule has 4 rings (SSSR count). The molecule has 2 aromatic carbocycles. The van der Waals surface area contributed by atoms with Crippen molar-refractivity contribution in [3.8, 4) is 11.1 Å². The molecule has 0 unspecified atom stereocenters. The third kappa shape index (κ3) is 5.62. The number of rotatable bonds is 8. The second-order valence-corrected chi connectivity index (χ2v) is 12.1. The number of hydrogen-bond donors (Lipinski definition) is 1. The van der Waals surface area contributed by atoms with Crippen molar-refractivity contribution >= 4 is 15.7 Å². The number of sulfonamides is 1. The number of likely N-dealkylation sites (tertiary alicyclic amines) is 1. The first-order chi connectivity index (χ1) is 16.5. The summed E-state index contributed by atoms with van der Waals surface area (Å²) in [5.41, 5.74) is 5.56. The molecule has 0 saturated carbocycles. The van der Waals surface area contributed by atoms with E-state index in [2.05, 4.69) is 66.7 Å². The molecule has 3 aromatic rings. The maximum atomic E-state index is 13.2. The summed E-state index contributed by atoms with van der Waals surface area (Å²) in [6.07, 6.45) is 3.22. The van der Waals surface area contributed by atoms with Crippen molar-refractivity contribution in [2.45, 2.75) is 77.4 Å². The minimum absolute atomic E-state index is 0.246. The molecule has 1 N–H and O–H groups in total. The highest BCUT2D eigenvalue weighted by Crippen LogP contribution is 2.29. The van der Waals surface area contributed by atoms with Crippen LogP contribution in [-0.2, 0) is 30.0 Å². The fraction of sp³-hybridized carbons (Fsp3) is 0.464. The van der Waals surface area contributed by atoms with Gasteiger partial charge in [0.25, 0.3) is 10.0 Å². The first-order valence-electron chi connectivity index (χ1n) is 12.6. The third-order valence-corrected chi connectivity index (χ3v) is 8.53. The normalized spacial score (nSPS) is 18.9. The van der Waals surface area contributed by atoms with Gasteiger partial charge in [0.1, 0.15) is 0 Å². The maximum absolute atomic E-state index is 13.2. The lowest BCUT2D eigenvalue weighted by molar-refractivity contribution is 0.205. The quantitative estimate of drug-likeness (QED) is 0.432. The zero-order chi connectivity index (χ0) is 25.3. The van der Waals surface area contributed by atoms with Crippen LogP contribution in [0.1, 0.15) is 57.5 Å². The molecule has 2 heterocycles. The SMILES string of the molecule is Cc1c(NS(=O)(=O)c2ccc(-c3cccc(CN4[C@@H](C)CC[C@@H]4C)c3)cc2)c(CC(C)C)nn1C. The van der Waals surface area contributed by atoms with Crippen LogP contribution in [0.3, 0.4) is 0 Å². The highest BCUT2D eigenvalue weighted by molar-refractivity contribution is 7.92. The third-order valence-electron chi connectivity index (χ3n) is 7.17. The van der Waals surface area contributed by atoms with Crippen molar-refractivity contribution in [3.63, 3.8) is 0 Å². The van der Waals surface area contributed by atoms with Gasteiger partial charge in [-0.3, -0.25) is 14.3 Å². The van der Waals surface area contributed by atoms with Crippen LogP contribution in [0.15, 0.2) is 53.4 Å². The van der Waals surface area contributed by atoms with E-state index in [1.54, 1.807) is 16.8 Å². The van der Waals surface area contributed by atoms with Crippen LogP contribution in [0.25, 0.3) is 11.1 Å². The zero-order valence-electron chi connectivity index (χ0n) is 21.7. The smallest absolute Gasteiger partial charge is 0.262 e. The molecule has 0 aliphatic carbocycles. The second kappa shape index (κ2) is 10.2. The Labute approximate surface area is 210 Å². The zero-order valence-corrected chi connectivity index (χ0v) is 22.6. The van der Waals surface area contributed by atoms with Gasteiger partial charge in [0, 0.05) is 25.7 Å².